The Morgan fingerprint density at radius 3 is 2.38 bits per heavy atom. The van der Waals surface area contributed by atoms with Gasteiger partial charge in [-0.15, -0.1) is 6.58 Å². The second kappa shape index (κ2) is 9.64. The molecule has 0 unspecified atom stereocenters. The predicted octanol–water partition coefficient (Wildman–Crippen LogP) is 4.98. The summed E-state index contributed by atoms with van der Waals surface area (Å²) in [5.41, 5.74) is 1.16. The molecule has 0 saturated heterocycles. The lowest BCUT2D eigenvalue weighted by Crippen LogP contribution is -2.31. The number of rotatable bonds is 7. The van der Waals surface area contributed by atoms with Gasteiger partial charge in [-0.05, 0) is 66.7 Å². The van der Waals surface area contributed by atoms with E-state index in [0.717, 1.165) is 16.4 Å². The first-order chi connectivity index (χ1) is 15.3. The van der Waals surface area contributed by atoms with E-state index in [2.05, 4.69) is 11.9 Å². The Morgan fingerprint density at radius 1 is 1.12 bits per heavy atom. The van der Waals surface area contributed by atoms with Gasteiger partial charge in [-0.3, -0.25) is 9.10 Å². The first-order valence-electron chi connectivity index (χ1n) is 9.26. The van der Waals surface area contributed by atoms with Crippen molar-refractivity contribution in [2.24, 2.45) is 0 Å². The SMILES string of the molecule is C=CCN(c1ccc(F)cc1)S(=O)(=O)c1cc(C(=O)Nc2ccc(C#N)cc2)ccc1Cl. The van der Waals surface area contributed by atoms with Gasteiger partial charge in [0.05, 0.1) is 28.9 Å². The van der Waals surface area contributed by atoms with E-state index in [-0.39, 0.29) is 27.7 Å². The van der Waals surface area contributed by atoms with Crippen LogP contribution in [0.4, 0.5) is 15.8 Å². The highest BCUT2D eigenvalue weighted by Gasteiger charge is 2.27. The van der Waals surface area contributed by atoms with Crippen molar-refractivity contribution in [2.45, 2.75) is 4.90 Å². The maximum Gasteiger partial charge on any atom is 0.266 e. The molecule has 3 rings (SSSR count). The summed E-state index contributed by atoms with van der Waals surface area (Å²) in [5.74, 6) is -1.07. The topological polar surface area (TPSA) is 90.3 Å². The quantitative estimate of drug-likeness (QED) is 0.494. The zero-order valence-electron chi connectivity index (χ0n) is 16.6. The first-order valence-corrected chi connectivity index (χ1v) is 11.1. The van der Waals surface area contributed by atoms with E-state index in [1.807, 2.05) is 6.07 Å². The number of anilines is 2. The van der Waals surface area contributed by atoms with Gasteiger partial charge in [0.1, 0.15) is 10.7 Å². The van der Waals surface area contributed by atoms with E-state index in [1.165, 1.54) is 36.4 Å². The van der Waals surface area contributed by atoms with Crippen LogP contribution in [0.25, 0.3) is 0 Å². The smallest absolute Gasteiger partial charge is 0.266 e. The Bertz CT molecular complexity index is 1300. The lowest BCUT2D eigenvalue weighted by atomic mass is 10.2. The van der Waals surface area contributed by atoms with Gasteiger partial charge >= 0.3 is 0 Å². The first kappa shape index (κ1) is 23.0. The molecule has 0 heterocycles. The number of amides is 1. The van der Waals surface area contributed by atoms with Crippen LogP contribution >= 0.6 is 11.6 Å². The van der Waals surface area contributed by atoms with Crippen LogP contribution < -0.4 is 9.62 Å². The molecule has 3 aromatic rings. The number of nitriles is 1. The molecule has 0 fully saturated rings. The summed E-state index contributed by atoms with van der Waals surface area (Å²) in [4.78, 5) is 12.4. The van der Waals surface area contributed by atoms with Crippen LogP contribution in [0.1, 0.15) is 15.9 Å². The second-order valence-electron chi connectivity index (χ2n) is 6.59. The Kier molecular flexibility index (Phi) is 6.93. The number of benzene rings is 3. The zero-order chi connectivity index (χ0) is 23.3. The van der Waals surface area contributed by atoms with Crippen LogP contribution in [0.2, 0.25) is 5.02 Å². The van der Waals surface area contributed by atoms with Crippen molar-refractivity contribution in [1.82, 2.24) is 0 Å². The highest BCUT2D eigenvalue weighted by atomic mass is 35.5. The van der Waals surface area contributed by atoms with Crippen molar-refractivity contribution >= 4 is 38.9 Å². The third-order valence-electron chi connectivity index (χ3n) is 4.44. The van der Waals surface area contributed by atoms with E-state index in [1.54, 1.807) is 24.3 Å². The number of nitrogens with one attached hydrogen (secondary N) is 1. The minimum absolute atomic E-state index is 0.0648. The van der Waals surface area contributed by atoms with Gasteiger partial charge in [0, 0.05) is 11.3 Å². The molecule has 0 atom stereocenters. The lowest BCUT2D eigenvalue weighted by Gasteiger charge is -2.24. The summed E-state index contributed by atoms with van der Waals surface area (Å²) in [5, 5.41) is 11.4. The average molecular weight is 470 g/mol. The molecular formula is C23H17ClFN3O3S. The summed E-state index contributed by atoms with van der Waals surface area (Å²) >= 11 is 6.18. The molecule has 0 radical (unpaired) electrons. The monoisotopic (exact) mass is 469 g/mol. The number of sulfonamides is 1. The third-order valence-corrected chi connectivity index (χ3v) is 6.72. The maximum atomic E-state index is 13.4. The van der Waals surface area contributed by atoms with E-state index in [4.69, 9.17) is 16.9 Å². The molecular weight excluding hydrogens is 453 g/mol. The van der Waals surface area contributed by atoms with Crippen molar-refractivity contribution in [3.63, 3.8) is 0 Å². The normalized spacial score (nSPS) is 10.8. The largest absolute Gasteiger partial charge is 0.322 e. The minimum Gasteiger partial charge on any atom is -0.322 e. The van der Waals surface area contributed by atoms with Crippen molar-refractivity contribution in [3.05, 3.63) is 101 Å². The van der Waals surface area contributed by atoms with Gasteiger partial charge in [0.15, 0.2) is 0 Å². The summed E-state index contributed by atoms with van der Waals surface area (Å²) in [6.45, 7) is 3.49. The number of carbonyl (C=O) groups is 1. The molecule has 162 valence electrons. The molecule has 0 aliphatic heterocycles. The molecule has 0 spiro atoms. The molecule has 0 aromatic heterocycles. The lowest BCUT2D eigenvalue weighted by molar-refractivity contribution is 0.102. The number of halogens is 2. The van der Waals surface area contributed by atoms with Crippen molar-refractivity contribution in [2.75, 3.05) is 16.2 Å². The van der Waals surface area contributed by atoms with Gasteiger partial charge < -0.3 is 5.32 Å². The van der Waals surface area contributed by atoms with Crippen molar-refractivity contribution < 1.29 is 17.6 Å². The predicted molar refractivity (Wildman–Crippen MR) is 122 cm³/mol. The fourth-order valence-corrected chi connectivity index (χ4v) is 4.80. The average Bonchev–Trinajstić information content (AvgIpc) is 2.78. The molecule has 9 heteroatoms. The molecule has 3 aromatic carbocycles. The van der Waals surface area contributed by atoms with Crippen LogP contribution in [0.15, 0.2) is 84.3 Å². The van der Waals surface area contributed by atoms with Crippen molar-refractivity contribution in [1.29, 1.82) is 5.26 Å². The molecule has 1 N–H and O–H groups in total. The number of nitrogens with zero attached hydrogens (tertiary/aromatic N) is 2. The molecule has 1 amide bonds. The van der Waals surface area contributed by atoms with E-state index >= 15 is 0 Å². The summed E-state index contributed by atoms with van der Waals surface area (Å²) in [6, 6.07) is 17.0. The zero-order valence-corrected chi connectivity index (χ0v) is 18.2. The highest BCUT2D eigenvalue weighted by molar-refractivity contribution is 7.93. The Morgan fingerprint density at radius 2 is 1.78 bits per heavy atom. The fourth-order valence-electron chi connectivity index (χ4n) is 2.86. The van der Waals surface area contributed by atoms with E-state index in [0.29, 0.717) is 11.3 Å². The Hall–Kier alpha value is -3.67. The van der Waals surface area contributed by atoms with Gasteiger partial charge in [-0.2, -0.15) is 5.26 Å². The van der Waals surface area contributed by atoms with Gasteiger partial charge in [-0.1, -0.05) is 17.7 Å². The Balaban J connectivity index is 1.96. The van der Waals surface area contributed by atoms with Crippen LogP contribution in [-0.2, 0) is 10.0 Å². The molecule has 0 saturated carbocycles. The van der Waals surface area contributed by atoms with E-state index in [9.17, 15) is 17.6 Å². The maximum absolute atomic E-state index is 13.4. The van der Waals surface area contributed by atoms with Gasteiger partial charge in [0.25, 0.3) is 15.9 Å². The molecule has 0 aliphatic carbocycles. The van der Waals surface area contributed by atoms with Crippen LogP contribution in [0.3, 0.4) is 0 Å². The second-order valence-corrected chi connectivity index (χ2v) is 8.83. The number of carbonyl (C=O) groups excluding carboxylic acids is 1. The Labute approximate surface area is 190 Å². The summed E-state index contributed by atoms with van der Waals surface area (Å²) in [7, 11) is -4.21. The minimum atomic E-state index is -4.21. The standard InChI is InChI=1S/C23H17ClFN3O3S/c1-2-13-28(20-10-6-18(25)7-11-20)32(30,31)22-14-17(5-12-21(22)24)23(29)27-19-8-3-16(15-26)4-9-19/h2-12,14H,1,13H2,(H,27,29). The molecule has 32 heavy (non-hydrogen) atoms. The molecule has 6 nitrogen and oxygen atoms in total. The fraction of sp³-hybridized carbons (Fsp3) is 0.0435. The third kappa shape index (κ3) is 4.97. The van der Waals surface area contributed by atoms with Gasteiger partial charge in [0.2, 0.25) is 0 Å². The van der Waals surface area contributed by atoms with Crippen molar-refractivity contribution in [3.8, 4) is 6.07 Å². The highest BCUT2D eigenvalue weighted by Crippen LogP contribution is 2.30. The summed E-state index contributed by atoms with van der Waals surface area (Å²) in [6.07, 6.45) is 1.39. The molecule has 0 bridgehead atoms. The van der Waals surface area contributed by atoms with Crippen LogP contribution in [0, 0.1) is 17.1 Å². The van der Waals surface area contributed by atoms with E-state index < -0.39 is 21.7 Å². The van der Waals surface area contributed by atoms with Crippen LogP contribution in [-0.4, -0.2) is 20.9 Å². The number of hydrogen-bond acceptors (Lipinski definition) is 4. The molecule has 0 aliphatic rings. The van der Waals surface area contributed by atoms with Crippen LogP contribution in [0.5, 0.6) is 0 Å². The van der Waals surface area contributed by atoms with Gasteiger partial charge in [-0.25, -0.2) is 12.8 Å². The summed E-state index contributed by atoms with van der Waals surface area (Å²) < 4.78 is 41.1. The number of hydrogen-bond donors (Lipinski definition) is 1.